The quantitative estimate of drug-likeness (QED) is 0.304. The Hall–Kier alpha value is -2.99. The Morgan fingerprint density at radius 3 is 2.52 bits per heavy atom. The zero-order valence-corrected chi connectivity index (χ0v) is 15.9. The lowest BCUT2D eigenvalue weighted by molar-refractivity contribution is 0.0729. The van der Waals surface area contributed by atoms with Gasteiger partial charge >= 0.3 is 5.97 Å². The maximum Gasteiger partial charge on any atom is 0.343 e. The summed E-state index contributed by atoms with van der Waals surface area (Å²) in [5.41, 5.74) is 1.84. The fourth-order valence-electron chi connectivity index (χ4n) is 2.30. The number of nitrogens with zero attached hydrogens (tertiary/aromatic N) is 1. The van der Waals surface area contributed by atoms with Crippen LogP contribution in [0.4, 0.5) is 10.1 Å². The highest BCUT2D eigenvalue weighted by atomic mass is 79.9. The van der Waals surface area contributed by atoms with E-state index in [9.17, 15) is 9.18 Å². The number of aliphatic imine (C=N–C) groups is 1. The minimum Gasteiger partial charge on any atom is -0.493 e. The third kappa shape index (κ3) is 5.01. The average Bonchev–Trinajstić information content (AvgIpc) is 2.67. The van der Waals surface area contributed by atoms with Crippen LogP contribution in [0.3, 0.4) is 0 Å². The van der Waals surface area contributed by atoms with Gasteiger partial charge in [0.25, 0.3) is 0 Å². The lowest BCUT2D eigenvalue weighted by Gasteiger charge is -2.10. The Kier molecular flexibility index (Phi) is 5.98. The molecule has 0 aromatic heterocycles. The second-order valence-electron chi connectivity index (χ2n) is 5.54. The van der Waals surface area contributed by atoms with Crippen molar-refractivity contribution in [3.8, 4) is 11.5 Å². The smallest absolute Gasteiger partial charge is 0.343 e. The number of benzene rings is 3. The molecule has 136 valence electrons. The van der Waals surface area contributed by atoms with E-state index < -0.39 is 11.8 Å². The normalized spacial score (nSPS) is 10.8. The van der Waals surface area contributed by atoms with Crippen molar-refractivity contribution in [3.63, 3.8) is 0 Å². The van der Waals surface area contributed by atoms with Crippen LogP contribution >= 0.6 is 15.9 Å². The number of esters is 1. The summed E-state index contributed by atoms with van der Waals surface area (Å²) in [6, 6.07) is 17.8. The Balaban J connectivity index is 1.77. The van der Waals surface area contributed by atoms with Gasteiger partial charge in [-0.25, -0.2) is 9.18 Å². The molecule has 3 rings (SSSR count). The monoisotopic (exact) mass is 427 g/mol. The van der Waals surface area contributed by atoms with E-state index in [0.717, 1.165) is 15.7 Å². The molecule has 3 aromatic rings. The number of rotatable bonds is 5. The third-order valence-electron chi connectivity index (χ3n) is 3.64. The van der Waals surface area contributed by atoms with E-state index in [1.165, 1.54) is 31.4 Å². The second kappa shape index (κ2) is 8.60. The fraction of sp³-hybridized carbons (Fsp3) is 0.0476. The zero-order chi connectivity index (χ0) is 19.2. The van der Waals surface area contributed by atoms with Gasteiger partial charge in [-0.1, -0.05) is 22.0 Å². The fourth-order valence-corrected chi connectivity index (χ4v) is 2.69. The maximum atomic E-state index is 13.0. The summed E-state index contributed by atoms with van der Waals surface area (Å²) in [6.45, 7) is 0. The van der Waals surface area contributed by atoms with Crippen molar-refractivity contribution in [1.82, 2.24) is 0 Å². The molecule has 0 aliphatic rings. The highest BCUT2D eigenvalue weighted by Gasteiger charge is 2.13. The number of halogens is 2. The molecule has 27 heavy (non-hydrogen) atoms. The van der Waals surface area contributed by atoms with Gasteiger partial charge in [0.05, 0.1) is 18.4 Å². The van der Waals surface area contributed by atoms with Crippen LogP contribution in [0.1, 0.15) is 15.9 Å². The SMILES string of the molecule is COc1cc(C=Nc2cccc(Br)c2)ccc1OC(=O)c1ccc(F)cc1. The number of methoxy groups -OCH3 is 1. The minimum absolute atomic E-state index is 0.249. The van der Waals surface area contributed by atoms with Gasteiger partial charge in [-0.15, -0.1) is 0 Å². The molecule has 0 amide bonds. The molecule has 0 saturated carbocycles. The summed E-state index contributed by atoms with van der Waals surface area (Å²) in [4.78, 5) is 16.6. The summed E-state index contributed by atoms with van der Waals surface area (Å²) in [7, 11) is 1.49. The first kappa shape index (κ1) is 18.8. The van der Waals surface area contributed by atoms with E-state index in [0.29, 0.717) is 5.75 Å². The van der Waals surface area contributed by atoms with Crippen LogP contribution in [0.5, 0.6) is 11.5 Å². The molecule has 0 atom stereocenters. The van der Waals surface area contributed by atoms with Crippen LogP contribution < -0.4 is 9.47 Å². The molecule has 0 unspecified atom stereocenters. The van der Waals surface area contributed by atoms with Crippen LogP contribution in [0, 0.1) is 5.82 Å². The molecule has 0 spiro atoms. The minimum atomic E-state index is -0.594. The van der Waals surface area contributed by atoms with Crippen LogP contribution in [0.25, 0.3) is 0 Å². The Bertz CT molecular complexity index is 987. The van der Waals surface area contributed by atoms with E-state index in [1.807, 2.05) is 24.3 Å². The molecule has 4 nitrogen and oxygen atoms in total. The predicted molar refractivity (Wildman–Crippen MR) is 106 cm³/mol. The number of hydrogen-bond donors (Lipinski definition) is 0. The van der Waals surface area contributed by atoms with E-state index in [4.69, 9.17) is 9.47 Å². The van der Waals surface area contributed by atoms with Gasteiger partial charge < -0.3 is 9.47 Å². The van der Waals surface area contributed by atoms with Crippen molar-refractivity contribution in [2.45, 2.75) is 0 Å². The molecule has 0 saturated heterocycles. The zero-order valence-electron chi connectivity index (χ0n) is 14.4. The van der Waals surface area contributed by atoms with Gasteiger partial charge in [-0.05, 0) is 66.2 Å². The molecular weight excluding hydrogens is 413 g/mol. The molecule has 0 bridgehead atoms. The summed E-state index contributed by atoms with van der Waals surface area (Å²) in [6.07, 6.45) is 1.69. The van der Waals surface area contributed by atoms with Crippen molar-refractivity contribution in [1.29, 1.82) is 0 Å². The molecule has 0 N–H and O–H groups in total. The van der Waals surface area contributed by atoms with Crippen LogP contribution in [-0.2, 0) is 0 Å². The largest absolute Gasteiger partial charge is 0.493 e. The van der Waals surface area contributed by atoms with Gasteiger partial charge in [-0.3, -0.25) is 4.99 Å². The first-order valence-corrected chi connectivity index (χ1v) is 8.80. The number of carbonyl (C=O) groups is 1. The Morgan fingerprint density at radius 2 is 1.81 bits per heavy atom. The third-order valence-corrected chi connectivity index (χ3v) is 4.13. The topological polar surface area (TPSA) is 47.9 Å². The summed E-state index contributed by atoms with van der Waals surface area (Å²) in [5.74, 6) is -0.350. The molecule has 0 fully saturated rings. The van der Waals surface area contributed by atoms with Crippen molar-refractivity contribution >= 4 is 33.8 Å². The summed E-state index contributed by atoms with van der Waals surface area (Å²) >= 11 is 3.40. The highest BCUT2D eigenvalue weighted by molar-refractivity contribution is 9.10. The lowest BCUT2D eigenvalue weighted by atomic mass is 10.2. The maximum absolute atomic E-state index is 13.0. The van der Waals surface area contributed by atoms with Crippen molar-refractivity contribution < 1.29 is 18.7 Å². The van der Waals surface area contributed by atoms with Crippen molar-refractivity contribution in [2.24, 2.45) is 4.99 Å². The standard InChI is InChI=1S/C21H15BrFNO3/c1-26-20-11-14(13-24-18-4-2-3-16(22)12-18)5-10-19(20)27-21(25)15-6-8-17(23)9-7-15/h2-13H,1H3. The Labute approximate surface area is 164 Å². The van der Waals surface area contributed by atoms with Crippen LogP contribution in [0.15, 0.2) is 76.2 Å². The van der Waals surface area contributed by atoms with Gasteiger partial charge in [-0.2, -0.15) is 0 Å². The van der Waals surface area contributed by atoms with E-state index >= 15 is 0 Å². The van der Waals surface area contributed by atoms with Crippen molar-refractivity contribution in [3.05, 3.63) is 88.1 Å². The molecule has 0 aliphatic carbocycles. The molecule has 3 aromatic carbocycles. The molecule has 0 heterocycles. The first-order chi connectivity index (χ1) is 13.0. The van der Waals surface area contributed by atoms with Gasteiger partial charge in [0.2, 0.25) is 0 Å². The predicted octanol–water partition coefficient (Wildman–Crippen LogP) is 5.57. The van der Waals surface area contributed by atoms with E-state index in [1.54, 1.807) is 24.4 Å². The Morgan fingerprint density at radius 1 is 1.04 bits per heavy atom. The van der Waals surface area contributed by atoms with Crippen LogP contribution in [-0.4, -0.2) is 19.3 Å². The number of ether oxygens (including phenoxy) is 2. The number of hydrogen-bond acceptors (Lipinski definition) is 4. The second-order valence-corrected chi connectivity index (χ2v) is 6.46. The van der Waals surface area contributed by atoms with E-state index in [-0.39, 0.29) is 11.3 Å². The molecule has 0 aliphatic heterocycles. The first-order valence-electron chi connectivity index (χ1n) is 8.00. The summed E-state index contributed by atoms with van der Waals surface area (Å²) in [5, 5.41) is 0. The van der Waals surface area contributed by atoms with Gasteiger partial charge in [0.15, 0.2) is 11.5 Å². The van der Waals surface area contributed by atoms with Gasteiger partial charge in [0.1, 0.15) is 5.82 Å². The molecule has 6 heteroatoms. The van der Waals surface area contributed by atoms with Crippen LogP contribution in [0.2, 0.25) is 0 Å². The molecule has 0 radical (unpaired) electrons. The highest BCUT2D eigenvalue weighted by Crippen LogP contribution is 2.29. The van der Waals surface area contributed by atoms with Crippen molar-refractivity contribution in [2.75, 3.05) is 7.11 Å². The number of carbonyl (C=O) groups excluding carboxylic acids is 1. The molecular formula is C21H15BrFNO3. The van der Waals surface area contributed by atoms with E-state index in [2.05, 4.69) is 20.9 Å². The summed E-state index contributed by atoms with van der Waals surface area (Å²) < 4.78 is 24.6. The lowest BCUT2D eigenvalue weighted by Crippen LogP contribution is -2.09. The average molecular weight is 428 g/mol. The van der Waals surface area contributed by atoms with Gasteiger partial charge in [0, 0.05) is 10.7 Å².